The zero-order chi connectivity index (χ0) is 16.2. The largest absolute Gasteiger partial charge is 0.508 e. The van der Waals surface area contributed by atoms with Gasteiger partial charge >= 0.3 is 0 Å². The number of aromatic hydroxyl groups is 2. The highest BCUT2D eigenvalue weighted by Gasteiger charge is 2.26. The van der Waals surface area contributed by atoms with E-state index in [1.165, 1.54) is 24.3 Å². The van der Waals surface area contributed by atoms with Gasteiger partial charge in [0, 0.05) is 0 Å². The Morgan fingerprint density at radius 2 is 1.22 bits per heavy atom. The molecular formula is C14H8N2O4S3. The third kappa shape index (κ3) is 2.33. The maximum atomic E-state index is 12.7. The molecule has 2 aromatic carbocycles. The second-order valence-electron chi connectivity index (χ2n) is 4.77. The Morgan fingerprint density at radius 3 is 1.65 bits per heavy atom. The van der Waals surface area contributed by atoms with Crippen LogP contribution in [0.2, 0.25) is 0 Å². The van der Waals surface area contributed by atoms with Gasteiger partial charge in [-0.15, -0.1) is 22.7 Å². The van der Waals surface area contributed by atoms with Crippen LogP contribution in [0.1, 0.15) is 0 Å². The number of fused-ring (bicyclic) bond motifs is 2. The predicted octanol–water partition coefficient (Wildman–Crippen LogP) is 3.15. The monoisotopic (exact) mass is 364 g/mol. The van der Waals surface area contributed by atoms with E-state index in [-0.39, 0.29) is 20.2 Å². The summed E-state index contributed by atoms with van der Waals surface area (Å²) in [5.74, 6) is 0.112. The Labute approximate surface area is 138 Å². The van der Waals surface area contributed by atoms with Crippen molar-refractivity contribution >= 4 is 52.9 Å². The molecule has 116 valence electrons. The quantitative estimate of drug-likeness (QED) is 0.567. The zero-order valence-electron chi connectivity index (χ0n) is 11.3. The second kappa shape index (κ2) is 4.88. The molecule has 4 rings (SSSR count). The fraction of sp³-hybridized carbons (Fsp3) is 0. The fourth-order valence-electron chi connectivity index (χ4n) is 2.09. The molecule has 0 saturated heterocycles. The first-order valence-electron chi connectivity index (χ1n) is 6.38. The zero-order valence-corrected chi connectivity index (χ0v) is 13.7. The minimum atomic E-state index is -3.84. The summed E-state index contributed by atoms with van der Waals surface area (Å²) in [5.41, 5.74) is 1.01. The van der Waals surface area contributed by atoms with Crippen molar-refractivity contribution in [3.63, 3.8) is 0 Å². The average molecular weight is 364 g/mol. The maximum Gasteiger partial charge on any atom is 0.260 e. The van der Waals surface area contributed by atoms with E-state index in [2.05, 4.69) is 9.97 Å². The Morgan fingerprint density at radius 1 is 0.783 bits per heavy atom. The van der Waals surface area contributed by atoms with Crippen LogP contribution in [0.4, 0.5) is 0 Å². The van der Waals surface area contributed by atoms with Gasteiger partial charge in [0.25, 0.3) is 9.84 Å². The van der Waals surface area contributed by atoms with Crippen molar-refractivity contribution in [3.05, 3.63) is 36.4 Å². The number of nitrogens with zero attached hydrogens (tertiary/aromatic N) is 2. The minimum Gasteiger partial charge on any atom is -0.508 e. The number of benzene rings is 2. The molecule has 0 aliphatic rings. The molecule has 0 spiro atoms. The molecule has 2 heterocycles. The molecule has 2 N–H and O–H groups in total. The summed E-state index contributed by atoms with van der Waals surface area (Å²) in [6.45, 7) is 0. The molecule has 0 aliphatic heterocycles. The number of hydrogen-bond acceptors (Lipinski definition) is 8. The molecule has 0 fully saturated rings. The van der Waals surface area contributed by atoms with E-state index in [4.69, 9.17) is 0 Å². The van der Waals surface area contributed by atoms with Gasteiger partial charge in [0.15, 0.2) is 0 Å². The lowest BCUT2D eigenvalue weighted by atomic mass is 10.3. The van der Waals surface area contributed by atoms with Crippen molar-refractivity contribution in [1.82, 2.24) is 9.97 Å². The molecule has 2 aromatic heterocycles. The molecule has 0 atom stereocenters. The van der Waals surface area contributed by atoms with E-state index in [1.807, 2.05) is 0 Å². The second-order valence-corrected chi connectivity index (χ2v) is 9.13. The highest BCUT2D eigenvalue weighted by Crippen LogP contribution is 2.35. The first kappa shape index (κ1) is 14.4. The van der Waals surface area contributed by atoms with Crippen LogP contribution < -0.4 is 0 Å². The molecule has 0 bridgehead atoms. The molecule has 0 amide bonds. The van der Waals surface area contributed by atoms with Crippen LogP contribution in [0, 0.1) is 0 Å². The summed E-state index contributed by atoms with van der Waals surface area (Å²) < 4.78 is 26.5. The smallest absolute Gasteiger partial charge is 0.260 e. The molecular weight excluding hydrogens is 356 g/mol. The lowest BCUT2D eigenvalue weighted by Crippen LogP contribution is -2.00. The molecule has 23 heavy (non-hydrogen) atoms. The molecule has 0 saturated carbocycles. The van der Waals surface area contributed by atoms with Crippen molar-refractivity contribution in [3.8, 4) is 11.5 Å². The van der Waals surface area contributed by atoms with Gasteiger partial charge < -0.3 is 10.2 Å². The maximum absolute atomic E-state index is 12.7. The van der Waals surface area contributed by atoms with E-state index in [0.717, 1.165) is 22.7 Å². The van der Waals surface area contributed by atoms with E-state index in [0.29, 0.717) is 20.4 Å². The Kier molecular flexibility index (Phi) is 3.05. The van der Waals surface area contributed by atoms with Crippen LogP contribution in [-0.4, -0.2) is 28.6 Å². The van der Waals surface area contributed by atoms with E-state index < -0.39 is 9.84 Å². The minimum absolute atomic E-state index is 0.0561. The molecule has 0 radical (unpaired) electrons. The van der Waals surface area contributed by atoms with E-state index in [1.54, 1.807) is 12.1 Å². The Bertz CT molecular complexity index is 1080. The molecule has 9 heteroatoms. The van der Waals surface area contributed by atoms with Gasteiger partial charge in [-0.2, -0.15) is 0 Å². The van der Waals surface area contributed by atoms with Gasteiger partial charge in [-0.25, -0.2) is 18.4 Å². The van der Waals surface area contributed by atoms with Crippen molar-refractivity contribution in [2.45, 2.75) is 8.68 Å². The highest BCUT2D eigenvalue weighted by molar-refractivity contribution is 7.95. The van der Waals surface area contributed by atoms with Gasteiger partial charge in [0.05, 0.1) is 20.4 Å². The van der Waals surface area contributed by atoms with Crippen LogP contribution in [0.3, 0.4) is 0 Å². The average Bonchev–Trinajstić information content (AvgIpc) is 3.10. The molecule has 0 unspecified atom stereocenters. The first-order valence-corrected chi connectivity index (χ1v) is 9.49. The summed E-state index contributed by atoms with van der Waals surface area (Å²) in [5, 5.41) is 19.0. The lowest BCUT2D eigenvalue weighted by Gasteiger charge is -1.93. The van der Waals surface area contributed by atoms with E-state index in [9.17, 15) is 18.6 Å². The molecule has 0 aliphatic carbocycles. The number of rotatable bonds is 2. The SMILES string of the molecule is O=S(=O)(c1nc2ccc(O)cc2s1)c1nc2ccc(O)cc2s1. The summed E-state index contributed by atoms with van der Waals surface area (Å²) in [6, 6.07) is 9.00. The summed E-state index contributed by atoms with van der Waals surface area (Å²) in [7, 11) is -3.84. The number of thiazole rings is 2. The number of phenolic OH excluding ortho intramolecular Hbond substituents is 2. The summed E-state index contributed by atoms with van der Waals surface area (Å²) in [6.07, 6.45) is 0. The Balaban J connectivity index is 1.89. The highest BCUT2D eigenvalue weighted by atomic mass is 32.3. The third-order valence-corrected chi connectivity index (χ3v) is 7.71. The topological polar surface area (TPSA) is 100 Å². The van der Waals surface area contributed by atoms with Crippen molar-refractivity contribution in [2.24, 2.45) is 0 Å². The van der Waals surface area contributed by atoms with Crippen LogP contribution in [0.25, 0.3) is 20.4 Å². The number of aromatic nitrogens is 2. The third-order valence-electron chi connectivity index (χ3n) is 3.16. The van der Waals surface area contributed by atoms with Gasteiger partial charge in [0.2, 0.25) is 8.68 Å². The van der Waals surface area contributed by atoms with E-state index >= 15 is 0 Å². The van der Waals surface area contributed by atoms with Crippen LogP contribution in [0.15, 0.2) is 45.1 Å². The van der Waals surface area contributed by atoms with Gasteiger partial charge in [0.1, 0.15) is 11.5 Å². The van der Waals surface area contributed by atoms with Crippen molar-refractivity contribution in [1.29, 1.82) is 0 Å². The number of hydrogen-bond donors (Lipinski definition) is 2. The molecule has 6 nitrogen and oxygen atoms in total. The van der Waals surface area contributed by atoms with Crippen LogP contribution >= 0.6 is 22.7 Å². The number of sulfone groups is 1. The first-order chi connectivity index (χ1) is 10.9. The number of phenols is 2. The summed E-state index contributed by atoms with van der Waals surface area (Å²) >= 11 is 1.97. The predicted molar refractivity (Wildman–Crippen MR) is 88.0 cm³/mol. The normalized spacial score (nSPS) is 12.2. The molecule has 4 aromatic rings. The van der Waals surface area contributed by atoms with Crippen molar-refractivity contribution in [2.75, 3.05) is 0 Å². The summed E-state index contributed by atoms with van der Waals surface area (Å²) in [4.78, 5) is 8.25. The van der Waals surface area contributed by atoms with Crippen LogP contribution in [0.5, 0.6) is 11.5 Å². The fourth-order valence-corrected chi connectivity index (χ4v) is 6.18. The van der Waals surface area contributed by atoms with Crippen molar-refractivity contribution < 1.29 is 18.6 Å². The Hall–Kier alpha value is -2.23. The lowest BCUT2D eigenvalue weighted by molar-refractivity contribution is 0.475. The van der Waals surface area contributed by atoms with Gasteiger partial charge in [-0.3, -0.25) is 0 Å². The van der Waals surface area contributed by atoms with Crippen LogP contribution in [-0.2, 0) is 9.84 Å². The van der Waals surface area contributed by atoms with Gasteiger partial charge in [-0.05, 0) is 36.4 Å². The van der Waals surface area contributed by atoms with Gasteiger partial charge in [-0.1, -0.05) is 0 Å². The standard InChI is InChI=1S/C14H8N2O4S3/c17-7-1-3-9-11(5-7)21-13(15-9)23(19,20)14-16-10-4-2-8(18)6-12(10)22-14/h1-6,17-18H.